The van der Waals surface area contributed by atoms with Gasteiger partial charge in [-0.1, -0.05) is 17.7 Å². The third-order valence-electron chi connectivity index (χ3n) is 3.38. The Labute approximate surface area is 136 Å². The van der Waals surface area contributed by atoms with Crippen LogP contribution in [0.25, 0.3) is 0 Å². The maximum Gasteiger partial charge on any atom is 0.240 e. The zero-order valence-electron chi connectivity index (χ0n) is 13.0. The second-order valence-corrected chi connectivity index (χ2v) is 8.02. The average molecular weight is 339 g/mol. The van der Waals surface area contributed by atoms with E-state index >= 15 is 0 Å². The summed E-state index contributed by atoms with van der Waals surface area (Å²) in [7, 11) is -1.46. The molecule has 0 spiro atoms. The number of benzene rings is 1. The van der Waals surface area contributed by atoms with Crippen molar-refractivity contribution in [1.29, 1.82) is 0 Å². The standard InChI is InChI=1S/C15H21N3O2S2/c1-12-4-6-14(7-5-12)22(19,20)17-8-9-18(3)10-15-13(2)16-11-21-15/h4-7,11,17H,8-10H2,1-3H3. The predicted octanol–water partition coefficient (Wildman–Crippen LogP) is 2.17. The summed E-state index contributed by atoms with van der Waals surface area (Å²) in [5.74, 6) is 0. The van der Waals surface area contributed by atoms with E-state index in [0.29, 0.717) is 18.0 Å². The molecule has 0 aliphatic rings. The van der Waals surface area contributed by atoms with Gasteiger partial charge in [0.1, 0.15) is 0 Å². The molecule has 0 aliphatic carbocycles. The van der Waals surface area contributed by atoms with Crippen molar-refractivity contribution in [3.05, 3.63) is 45.9 Å². The monoisotopic (exact) mass is 339 g/mol. The Morgan fingerprint density at radius 1 is 1.23 bits per heavy atom. The molecule has 0 fully saturated rings. The fraction of sp³-hybridized carbons (Fsp3) is 0.400. The first-order valence-corrected chi connectivity index (χ1v) is 9.38. The van der Waals surface area contributed by atoms with Gasteiger partial charge < -0.3 is 0 Å². The van der Waals surface area contributed by atoms with Gasteiger partial charge in [-0.3, -0.25) is 4.90 Å². The van der Waals surface area contributed by atoms with Gasteiger partial charge in [-0.05, 0) is 33.0 Å². The minimum absolute atomic E-state index is 0.305. The van der Waals surface area contributed by atoms with Crippen LogP contribution >= 0.6 is 11.3 Å². The number of likely N-dealkylation sites (N-methyl/N-ethyl adjacent to an activating group) is 1. The number of thiazole rings is 1. The summed E-state index contributed by atoms with van der Waals surface area (Å²) in [5.41, 5.74) is 3.91. The highest BCUT2D eigenvalue weighted by Gasteiger charge is 2.13. The fourth-order valence-corrected chi connectivity index (χ4v) is 3.85. The van der Waals surface area contributed by atoms with E-state index in [0.717, 1.165) is 17.8 Å². The van der Waals surface area contributed by atoms with E-state index in [-0.39, 0.29) is 0 Å². The lowest BCUT2D eigenvalue weighted by atomic mass is 10.2. The maximum absolute atomic E-state index is 12.2. The summed E-state index contributed by atoms with van der Waals surface area (Å²) in [4.78, 5) is 7.81. The quantitative estimate of drug-likeness (QED) is 0.840. The number of rotatable bonds is 7. The number of aryl methyl sites for hydroxylation is 2. The fourth-order valence-electron chi connectivity index (χ4n) is 1.97. The van der Waals surface area contributed by atoms with Crippen molar-refractivity contribution in [2.75, 3.05) is 20.1 Å². The van der Waals surface area contributed by atoms with Crippen LogP contribution in [0.15, 0.2) is 34.7 Å². The van der Waals surface area contributed by atoms with E-state index < -0.39 is 10.0 Å². The molecule has 2 rings (SSSR count). The third kappa shape index (κ3) is 4.61. The highest BCUT2D eigenvalue weighted by atomic mass is 32.2. The Bertz CT molecular complexity index is 709. The summed E-state index contributed by atoms with van der Waals surface area (Å²) in [6.45, 7) is 5.72. The summed E-state index contributed by atoms with van der Waals surface area (Å²) in [6, 6.07) is 6.85. The zero-order chi connectivity index (χ0) is 16.2. The maximum atomic E-state index is 12.2. The van der Waals surface area contributed by atoms with Crippen LogP contribution < -0.4 is 4.72 Å². The molecule has 0 amide bonds. The summed E-state index contributed by atoms with van der Waals surface area (Å²) >= 11 is 1.62. The molecule has 1 aromatic carbocycles. The Balaban J connectivity index is 1.85. The van der Waals surface area contributed by atoms with Crippen molar-refractivity contribution >= 4 is 21.4 Å². The van der Waals surface area contributed by atoms with Gasteiger partial charge in [0.2, 0.25) is 10.0 Å². The lowest BCUT2D eigenvalue weighted by molar-refractivity contribution is 0.334. The Hall–Kier alpha value is -1.28. The van der Waals surface area contributed by atoms with Crippen LogP contribution in [0, 0.1) is 13.8 Å². The molecule has 22 heavy (non-hydrogen) atoms. The number of hydrogen-bond acceptors (Lipinski definition) is 5. The van der Waals surface area contributed by atoms with Gasteiger partial charge in [0, 0.05) is 24.5 Å². The van der Waals surface area contributed by atoms with E-state index in [2.05, 4.69) is 14.6 Å². The number of aromatic nitrogens is 1. The molecule has 1 N–H and O–H groups in total. The van der Waals surface area contributed by atoms with Crippen LogP contribution in [0.1, 0.15) is 16.1 Å². The molecular formula is C15H21N3O2S2. The molecule has 120 valence electrons. The van der Waals surface area contributed by atoms with Gasteiger partial charge in [0.25, 0.3) is 0 Å². The van der Waals surface area contributed by atoms with Crippen molar-refractivity contribution in [2.45, 2.75) is 25.3 Å². The molecule has 0 saturated heterocycles. The molecule has 7 heteroatoms. The van der Waals surface area contributed by atoms with Crippen LogP contribution in [0.5, 0.6) is 0 Å². The van der Waals surface area contributed by atoms with Gasteiger partial charge in [0.15, 0.2) is 0 Å². The lowest BCUT2D eigenvalue weighted by Gasteiger charge is -2.16. The second-order valence-electron chi connectivity index (χ2n) is 5.31. The minimum atomic E-state index is -3.43. The van der Waals surface area contributed by atoms with Gasteiger partial charge in [-0.2, -0.15) is 0 Å². The SMILES string of the molecule is Cc1ccc(S(=O)(=O)NCCN(C)Cc2scnc2C)cc1. The topological polar surface area (TPSA) is 62.3 Å². The van der Waals surface area contributed by atoms with Crippen molar-refractivity contribution in [2.24, 2.45) is 0 Å². The molecule has 5 nitrogen and oxygen atoms in total. The average Bonchev–Trinajstić information content (AvgIpc) is 2.84. The molecule has 0 bridgehead atoms. The zero-order valence-corrected chi connectivity index (χ0v) is 14.7. The largest absolute Gasteiger partial charge is 0.300 e. The number of nitrogens with one attached hydrogen (secondary N) is 1. The van der Waals surface area contributed by atoms with E-state index in [4.69, 9.17) is 0 Å². The summed E-state index contributed by atoms with van der Waals surface area (Å²) in [6.07, 6.45) is 0. The van der Waals surface area contributed by atoms with Crippen molar-refractivity contribution in [1.82, 2.24) is 14.6 Å². The molecule has 1 heterocycles. The molecule has 1 aromatic heterocycles. The molecular weight excluding hydrogens is 318 g/mol. The molecule has 0 aliphatic heterocycles. The number of hydrogen-bond donors (Lipinski definition) is 1. The normalized spacial score (nSPS) is 12.0. The smallest absolute Gasteiger partial charge is 0.240 e. The van der Waals surface area contributed by atoms with E-state index in [9.17, 15) is 8.42 Å². The van der Waals surface area contributed by atoms with Gasteiger partial charge >= 0.3 is 0 Å². The second kappa shape index (κ2) is 7.32. The Kier molecular flexibility index (Phi) is 5.69. The Morgan fingerprint density at radius 3 is 2.50 bits per heavy atom. The van der Waals surface area contributed by atoms with E-state index in [1.165, 1.54) is 4.88 Å². The Morgan fingerprint density at radius 2 is 1.91 bits per heavy atom. The van der Waals surface area contributed by atoms with Gasteiger partial charge in [-0.15, -0.1) is 11.3 Å². The highest BCUT2D eigenvalue weighted by molar-refractivity contribution is 7.89. The molecule has 0 unspecified atom stereocenters. The highest BCUT2D eigenvalue weighted by Crippen LogP contribution is 2.14. The van der Waals surface area contributed by atoms with Crippen LogP contribution in [0.3, 0.4) is 0 Å². The number of nitrogens with zero attached hydrogens (tertiary/aromatic N) is 2. The van der Waals surface area contributed by atoms with E-state index in [1.807, 2.05) is 26.4 Å². The van der Waals surface area contributed by atoms with Crippen LogP contribution in [-0.2, 0) is 16.6 Å². The molecule has 0 saturated carbocycles. The molecule has 2 aromatic rings. The molecule has 0 radical (unpaired) electrons. The van der Waals surface area contributed by atoms with Crippen molar-refractivity contribution in [3.8, 4) is 0 Å². The van der Waals surface area contributed by atoms with Crippen LogP contribution in [0.4, 0.5) is 0 Å². The third-order valence-corrected chi connectivity index (χ3v) is 5.77. The van der Waals surface area contributed by atoms with E-state index in [1.54, 1.807) is 35.6 Å². The van der Waals surface area contributed by atoms with Crippen molar-refractivity contribution < 1.29 is 8.42 Å². The first-order chi connectivity index (χ1) is 10.4. The van der Waals surface area contributed by atoms with Crippen molar-refractivity contribution in [3.63, 3.8) is 0 Å². The minimum Gasteiger partial charge on any atom is -0.300 e. The first-order valence-electron chi connectivity index (χ1n) is 7.02. The van der Waals surface area contributed by atoms with Crippen LogP contribution in [0.2, 0.25) is 0 Å². The van der Waals surface area contributed by atoms with Gasteiger partial charge in [-0.25, -0.2) is 18.1 Å². The van der Waals surface area contributed by atoms with Crippen LogP contribution in [-0.4, -0.2) is 38.4 Å². The number of sulfonamides is 1. The predicted molar refractivity (Wildman–Crippen MR) is 89.6 cm³/mol. The molecule has 0 atom stereocenters. The first kappa shape index (κ1) is 17.1. The summed E-state index contributed by atoms with van der Waals surface area (Å²) in [5, 5.41) is 0. The summed E-state index contributed by atoms with van der Waals surface area (Å²) < 4.78 is 27.0. The lowest BCUT2D eigenvalue weighted by Crippen LogP contribution is -2.32. The van der Waals surface area contributed by atoms with Gasteiger partial charge in [0.05, 0.1) is 16.1 Å².